The summed E-state index contributed by atoms with van der Waals surface area (Å²) in [5.74, 6) is -0.811. The van der Waals surface area contributed by atoms with Crippen LogP contribution in [-0.2, 0) is 4.74 Å². The number of halogens is 2. The lowest BCUT2D eigenvalue weighted by molar-refractivity contribution is 0.0600. The minimum Gasteiger partial charge on any atom is -0.465 e. The van der Waals surface area contributed by atoms with Crippen LogP contribution in [-0.4, -0.2) is 28.8 Å². The van der Waals surface area contributed by atoms with Gasteiger partial charge < -0.3 is 4.74 Å². The van der Waals surface area contributed by atoms with Gasteiger partial charge in [-0.3, -0.25) is 4.79 Å². The fourth-order valence-electron chi connectivity index (χ4n) is 2.49. The zero-order valence-electron chi connectivity index (χ0n) is 12.8. The maximum absolute atomic E-state index is 13.0. The fraction of sp³-hybridized carbons (Fsp3) is 0.118. The maximum atomic E-state index is 13.0. The van der Waals surface area contributed by atoms with Crippen molar-refractivity contribution in [2.45, 2.75) is 6.92 Å². The average Bonchev–Trinajstić information content (AvgIpc) is 2.90. The largest absolute Gasteiger partial charge is 0.465 e. The molecule has 0 radical (unpaired) electrons. The van der Waals surface area contributed by atoms with Gasteiger partial charge in [-0.15, -0.1) is 0 Å². The summed E-state index contributed by atoms with van der Waals surface area (Å²) in [5, 5.41) is 5.46. The van der Waals surface area contributed by atoms with Crippen molar-refractivity contribution >= 4 is 57.0 Å². The normalized spacial score (nSPS) is 10.8. The number of carbonyl (C=O) groups is 2. The van der Waals surface area contributed by atoms with Crippen LogP contribution in [0, 0.1) is 10.6 Å². The van der Waals surface area contributed by atoms with E-state index in [-0.39, 0.29) is 5.91 Å². The lowest BCUT2D eigenvalue weighted by Gasteiger charge is -2.08. The number of nitrogens with zero attached hydrogens (tertiary/aromatic N) is 2. The molecule has 3 rings (SSSR count). The number of rotatable bonds is 2. The third-order valence-electron chi connectivity index (χ3n) is 3.69. The first-order valence-corrected chi connectivity index (χ1v) is 8.46. The van der Waals surface area contributed by atoms with Crippen LogP contribution in [0.4, 0.5) is 0 Å². The molecule has 5 nitrogen and oxygen atoms in total. The smallest absolute Gasteiger partial charge is 0.337 e. The van der Waals surface area contributed by atoms with Crippen LogP contribution in [0.2, 0.25) is 5.02 Å². The predicted octanol–water partition coefficient (Wildman–Crippen LogP) is 4.08. The van der Waals surface area contributed by atoms with E-state index in [0.717, 1.165) is 10.9 Å². The first-order chi connectivity index (χ1) is 11.4. The average molecular weight is 455 g/mol. The van der Waals surface area contributed by atoms with Gasteiger partial charge in [0.1, 0.15) is 3.70 Å². The molecule has 0 aliphatic rings. The second kappa shape index (κ2) is 6.52. The van der Waals surface area contributed by atoms with E-state index in [9.17, 15) is 9.59 Å². The topological polar surface area (TPSA) is 61.2 Å². The number of methoxy groups -OCH3 is 1. The van der Waals surface area contributed by atoms with E-state index in [1.54, 1.807) is 30.3 Å². The quantitative estimate of drug-likeness (QED) is 0.432. The Kier molecular flexibility index (Phi) is 4.60. The van der Waals surface area contributed by atoms with Crippen molar-refractivity contribution in [1.82, 2.24) is 9.78 Å². The highest BCUT2D eigenvalue weighted by molar-refractivity contribution is 14.1. The van der Waals surface area contributed by atoms with Crippen molar-refractivity contribution in [3.63, 3.8) is 0 Å². The highest BCUT2D eigenvalue weighted by Gasteiger charge is 2.21. The molecule has 0 amide bonds. The van der Waals surface area contributed by atoms with Crippen molar-refractivity contribution in [2.24, 2.45) is 0 Å². The van der Waals surface area contributed by atoms with Crippen molar-refractivity contribution in [3.05, 3.63) is 61.8 Å². The van der Waals surface area contributed by atoms with Crippen LogP contribution in [0.5, 0.6) is 0 Å². The Morgan fingerprint density at radius 1 is 1.25 bits per heavy atom. The summed E-state index contributed by atoms with van der Waals surface area (Å²) in [4.78, 5) is 24.7. The second-order valence-corrected chi connectivity index (χ2v) is 6.59. The van der Waals surface area contributed by atoms with Gasteiger partial charge in [-0.25, -0.2) is 4.79 Å². The molecule has 122 valence electrons. The van der Waals surface area contributed by atoms with E-state index < -0.39 is 5.97 Å². The fourth-order valence-corrected chi connectivity index (χ4v) is 3.46. The first kappa shape index (κ1) is 16.9. The molecule has 0 saturated heterocycles. The number of fused-ring (bicyclic) bond motifs is 1. The SMILES string of the molecule is COC(=O)c1ccc2c(I)nn(C(=O)c3c(C)cccc3Cl)c2c1. The van der Waals surface area contributed by atoms with Crippen LogP contribution in [0.3, 0.4) is 0 Å². The van der Waals surface area contributed by atoms with Crippen LogP contribution in [0.15, 0.2) is 36.4 Å². The van der Waals surface area contributed by atoms with Crippen LogP contribution >= 0.6 is 34.2 Å². The number of aromatic nitrogens is 2. The summed E-state index contributed by atoms with van der Waals surface area (Å²) in [5.41, 5.74) is 2.04. The highest BCUT2D eigenvalue weighted by Crippen LogP contribution is 2.26. The van der Waals surface area contributed by atoms with Gasteiger partial charge in [0.25, 0.3) is 5.91 Å². The first-order valence-electron chi connectivity index (χ1n) is 7.00. The van der Waals surface area contributed by atoms with Crippen LogP contribution in [0.1, 0.15) is 26.3 Å². The molecule has 0 bridgehead atoms. The van der Waals surface area contributed by atoms with Gasteiger partial charge in [-0.05, 0) is 59.3 Å². The van der Waals surface area contributed by atoms with Gasteiger partial charge in [0.05, 0.1) is 28.8 Å². The van der Waals surface area contributed by atoms with Gasteiger partial charge in [-0.2, -0.15) is 9.78 Å². The van der Waals surface area contributed by atoms with Crippen LogP contribution in [0.25, 0.3) is 10.9 Å². The standard InChI is InChI=1S/C17H12ClIN2O3/c1-9-4-3-5-12(18)14(9)16(22)21-13-8-10(17(23)24-2)6-7-11(13)15(19)20-21/h3-8H,1-2H3. The minimum absolute atomic E-state index is 0.340. The van der Waals surface area contributed by atoms with Crippen molar-refractivity contribution in [2.75, 3.05) is 7.11 Å². The minimum atomic E-state index is -0.471. The summed E-state index contributed by atoms with van der Waals surface area (Å²) < 4.78 is 6.68. The number of hydrogen-bond donors (Lipinski definition) is 0. The molecule has 7 heteroatoms. The van der Waals surface area contributed by atoms with E-state index in [4.69, 9.17) is 16.3 Å². The Labute approximate surface area is 156 Å². The molecule has 1 aromatic heterocycles. The maximum Gasteiger partial charge on any atom is 0.337 e. The number of esters is 1. The van der Waals surface area contributed by atoms with Crippen molar-refractivity contribution in [1.29, 1.82) is 0 Å². The highest BCUT2D eigenvalue weighted by atomic mass is 127. The lowest BCUT2D eigenvalue weighted by atomic mass is 10.1. The molecule has 0 aliphatic heterocycles. The summed E-state index contributed by atoms with van der Waals surface area (Å²) >= 11 is 8.25. The van der Waals surface area contributed by atoms with Gasteiger partial charge in [0.15, 0.2) is 0 Å². The summed E-state index contributed by atoms with van der Waals surface area (Å²) in [6.45, 7) is 1.82. The number of aryl methyl sites for hydroxylation is 1. The molecule has 0 spiro atoms. The molecular weight excluding hydrogens is 443 g/mol. The Hall–Kier alpha value is -1.93. The Bertz CT molecular complexity index is 961. The van der Waals surface area contributed by atoms with Crippen molar-refractivity contribution < 1.29 is 14.3 Å². The van der Waals surface area contributed by atoms with E-state index in [0.29, 0.717) is 25.4 Å². The summed E-state index contributed by atoms with van der Waals surface area (Å²) in [6.07, 6.45) is 0. The number of carbonyl (C=O) groups excluding carboxylic acids is 2. The Balaban J connectivity index is 2.22. The summed E-state index contributed by atoms with van der Waals surface area (Å²) in [6, 6.07) is 10.3. The Morgan fingerprint density at radius 3 is 2.67 bits per heavy atom. The second-order valence-electron chi connectivity index (χ2n) is 5.16. The number of benzene rings is 2. The van der Waals surface area contributed by atoms with Gasteiger partial charge >= 0.3 is 5.97 Å². The van der Waals surface area contributed by atoms with Gasteiger partial charge in [-0.1, -0.05) is 23.7 Å². The van der Waals surface area contributed by atoms with Crippen molar-refractivity contribution in [3.8, 4) is 0 Å². The van der Waals surface area contributed by atoms with Crippen LogP contribution < -0.4 is 0 Å². The Morgan fingerprint density at radius 2 is 2.00 bits per heavy atom. The molecule has 0 atom stereocenters. The molecule has 0 aliphatic carbocycles. The molecule has 2 aromatic carbocycles. The van der Waals surface area contributed by atoms with E-state index >= 15 is 0 Å². The lowest BCUT2D eigenvalue weighted by Crippen LogP contribution is -2.16. The molecule has 3 aromatic rings. The van der Waals surface area contributed by atoms with E-state index in [1.165, 1.54) is 11.8 Å². The zero-order valence-corrected chi connectivity index (χ0v) is 15.8. The van der Waals surface area contributed by atoms with E-state index in [2.05, 4.69) is 27.7 Å². The number of ether oxygens (including phenoxy) is 1. The monoisotopic (exact) mass is 454 g/mol. The van der Waals surface area contributed by atoms with E-state index in [1.807, 2.05) is 13.0 Å². The zero-order chi connectivity index (χ0) is 17.4. The summed E-state index contributed by atoms with van der Waals surface area (Å²) in [7, 11) is 1.31. The number of hydrogen-bond acceptors (Lipinski definition) is 4. The molecule has 0 N–H and O–H groups in total. The van der Waals surface area contributed by atoms with Gasteiger partial charge in [0, 0.05) is 5.39 Å². The molecule has 0 unspecified atom stereocenters. The molecular formula is C17H12ClIN2O3. The predicted molar refractivity (Wildman–Crippen MR) is 99.7 cm³/mol. The third kappa shape index (κ3) is 2.80. The molecule has 0 saturated carbocycles. The molecule has 24 heavy (non-hydrogen) atoms. The third-order valence-corrected chi connectivity index (χ3v) is 4.80. The molecule has 0 fully saturated rings. The molecule has 1 heterocycles. The van der Waals surface area contributed by atoms with Gasteiger partial charge in [0.2, 0.25) is 0 Å².